The van der Waals surface area contributed by atoms with Crippen LogP contribution in [-0.2, 0) is 12.8 Å². The molecule has 1 atom stereocenters. The number of nitrogens with zero attached hydrogens (tertiary/aromatic N) is 1. The third-order valence-corrected chi connectivity index (χ3v) is 5.20. The summed E-state index contributed by atoms with van der Waals surface area (Å²) >= 11 is 0. The van der Waals surface area contributed by atoms with E-state index in [1.165, 1.54) is 28.8 Å². The predicted molar refractivity (Wildman–Crippen MR) is 99.7 cm³/mol. The number of rotatable bonds is 5. The molecule has 0 spiro atoms. The molecule has 3 heteroatoms. The van der Waals surface area contributed by atoms with Crippen molar-refractivity contribution in [1.82, 2.24) is 0 Å². The fraction of sp³-hybridized carbons (Fsp3) is 0.429. The maximum atomic E-state index is 5.43. The zero-order valence-electron chi connectivity index (χ0n) is 15.1. The molecule has 0 radical (unpaired) electrons. The van der Waals surface area contributed by atoms with Gasteiger partial charge in [-0.3, -0.25) is 0 Å². The first-order valence-electron chi connectivity index (χ1n) is 8.71. The SMILES string of the molecule is CCN(C)c1cc(OC)ccc1C1CCc2cc(OC)ccc2C1. The maximum Gasteiger partial charge on any atom is 0.120 e. The Morgan fingerprint density at radius 2 is 1.71 bits per heavy atom. The number of benzene rings is 2. The van der Waals surface area contributed by atoms with Gasteiger partial charge in [0.2, 0.25) is 0 Å². The van der Waals surface area contributed by atoms with E-state index in [0.29, 0.717) is 5.92 Å². The predicted octanol–water partition coefficient (Wildman–Crippen LogP) is 4.43. The van der Waals surface area contributed by atoms with Crippen molar-refractivity contribution in [2.45, 2.75) is 32.1 Å². The van der Waals surface area contributed by atoms with Crippen molar-refractivity contribution in [1.29, 1.82) is 0 Å². The van der Waals surface area contributed by atoms with Gasteiger partial charge in [-0.05, 0) is 67.0 Å². The third-order valence-electron chi connectivity index (χ3n) is 5.20. The van der Waals surface area contributed by atoms with Gasteiger partial charge < -0.3 is 14.4 Å². The van der Waals surface area contributed by atoms with E-state index in [1.807, 2.05) is 0 Å². The molecule has 0 heterocycles. The van der Waals surface area contributed by atoms with Gasteiger partial charge in [0.05, 0.1) is 14.2 Å². The topological polar surface area (TPSA) is 21.7 Å². The van der Waals surface area contributed by atoms with Gasteiger partial charge in [-0.25, -0.2) is 0 Å². The highest BCUT2D eigenvalue weighted by molar-refractivity contribution is 5.59. The lowest BCUT2D eigenvalue weighted by Gasteiger charge is -2.30. The minimum atomic E-state index is 0.556. The van der Waals surface area contributed by atoms with Crippen molar-refractivity contribution in [2.75, 3.05) is 32.7 Å². The molecule has 2 aromatic rings. The van der Waals surface area contributed by atoms with E-state index < -0.39 is 0 Å². The van der Waals surface area contributed by atoms with Crippen molar-refractivity contribution < 1.29 is 9.47 Å². The first-order valence-corrected chi connectivity index (χ1v) is 8.71. The van der Waals surface area contributed by atoms with Crippen molar-refractivity contribution in [3.05, 3.63) is 53.1 Å². The number of fused-ring (bicyclic) bond motifs is 1. The summed E-state index contributed by atoms with van der Waals surface area (Å²) in [6, 6.07) is 13.0. The first kappa shape index (κ1) is 16.7. The fourth-order valence-corrected chi connectivity index (χ4v) is 3.62. The summed E-state index contributed by atoms with van der Waals surface area (Å²) in [5.74, 6) is 2.44. The van der Waals surface area contributed by atoms with Gasteiger partial charge in [0.25, 0.3) is 0 Å². The Balaban J connectivity index is 1.92. The first-order chi connectivity index (χ1) is 11.7. The van der Waals surface area contributed by atoms with Crippen LogP contribution in [0.4, 0.5) is 5.69 Å². The summed E-state index contributed by atoms with van der Waals surface area (Å²) in [6.07, 6.45) is 3.38. The van der Waals surface area contributed by atoms with Crippen LogP contribution in [0.3, 0.4) is 0 Å². The summed E-state index contributed by atoms with van der Waals surface area (Å²) < 4.78 is 10.8. The Kier molecular flexibility index (Phi) is 4.98. The maximum absolute atomic E-state index is 5.43. The molecule has 0 aromatic heterocycles. The van der Waals surface area contributed by atoms with Gasteiger partial charge in [-0.15, -0.1) is 0 Å². The quantitative estimate of drug-likeness (QED) is 0.811. The van der Waals surface area contributed by atoms with E-state index >= 15 is 0 Å². The lowest BCUT2D eigenvalue weighted by molar-refractivity contribution is 0.413. The molecular weight excluding hydrogens is 298 g/mol. The second-order valence-corrected chi connectivity index (χ2v) is 6.51. The number of ether oxygens (including phenoxy) is 2. The Hall–Kier alpha value is -2.16. The smallest absolute Gasteiger partial charge is 0.120 e. The van der Waals surface area contributed by atoms with Crippen LogP contribution in [0.25, 0.3) is 0 Å². The van der Waals surface area contributed by atoms with Gasteiger partial charge in [0, 0.05) is 25.3 Å². The average Bonchev–Trinajstić information content (AvgIpc) is 2.65. The molecule has 0 bridgehead atoms. The van der Waals surface area contributed by atoms with Gasteiger partial charge in [-0.2, -0.15) is 0 Å². The third kappa shape index (κ3) is 3.21. The van der Waals surface area contributed by atoms with Gasteiger partial charge >= 0.3 is 0 Å². The van der Waals surface area contributed by atoms with E-state index in [4.69, 9.17) is 9.47 Å². The molecule has 24 heavy (non-hydrogen) atoms. The summed E-state index contributed by atoms with van der Waals surface area (Å²) in [6.45, 7) is 3.17. The van der Waals surface area contributed by atoms with Crippen molar-refractivity contribution >= 4 is 5.69 Å². The summed E-state index contributed by atoms with van der Waals surface area (Å²) in [4.78, 5) is 2.31. The van der Waals surface area contributed by atoms with Crippen LogP contribution in [0, 0.1) is 0 Å². The molecule has 0 saturated heterocycles. The molecule has 3 rings (SSSR count). The molecule has 0 fully saturated rings. The molecule has 3 nitrogen and oxygen atoms in total. The molecule has 128 valence electrons. The molecule has 1 unspecified atom stereocenters. The largest absolute Gasteiger partial charge is 0.497 e. The number of aryl methyl sites for hydroxylation is 1. The highest BCUT2D eigenvalue weighted by atomic mass is 16.5. The van der Waals surface area contributed by atoms with Crippen LogP contribution in [0.1, 0.15) is 36.0 Å². The number of hydrogen-bond donors (Lipinski definition) is 0. The Morgan fingerprint density at radius 3 is 2.42 bits per heavy atom. The molecule has 1 aliphatic rings. The van der Waals surface area contributed by atoms with E-state index in [-0.39, 0.29) is 0 Å². The zero-order valence-corrected chi connectivity index (χ0v) is 15.1. The molecule has 1 aliphatic carbocycles. The van der Waals surface area contributed by atoms with E-state index in [0.717, 1.165) is 30.9 Å². The molecule has 0 aliphatic heterocycles. The van der Waals surface area contributed by atoms with Crippen molar-refractivity contribution in [3.8, 4) is 11.5 Å². The highest BCUT2D eigenvalue weighted by Crippen LogP contribution is 2.39. The second-order valence-electron chi connectivity index (χ2n) is 6.51. The standard InChI is InChI=1S/C21H27NO2/c1-5-22(2)21-14-19(24-4)10-11-20(21)17-7-6-16-13-18(23-3)9-8-15(16)12-17/h8-11,13-14,17H,5-7,12H2,1-4H3. The summed E-state index contributed by atoms with van der Waals surface area (Å²) in [7, 11) is 5.62. The lowest BCUT2D eigenvalue weighted by atomic mass is 9.79. The molecular formula is C21H27NO2. The zero-order chi connectivity index (χ0) is 17.1. The van der Waals surface area contributed by atoms with Crippen molar-refractivity contribution in [3.63, 3.8) is 0 Å². The monoisotopic (exact) mass is 325 g/mol. The Morgan fingerprint density at radius 1 is 1.00 bits per heavy atom. The average molecular weight is 325 g/mol. The van der Waals surface area contributed by atoms with Gasteiger partial charge in [0.1, 0.15) is 11.5 Å². The lowest BCUT2D eigenvalue weighted by Crippen LogP contribution is -2.21. The molecule has 2 aromatic carbocycles. The fourth-order valence-electron chi connectivity index (χ4n) is 3.62. The minimum absolute atomic E-state index is 0.556. The van der Waals surface area contributed by atoms with Gasteiger partial charge in [-0.1, -0.05) is 12.1 Å². The highest BCUT2D eigenvalue weighted by Gasteiger charge is 2.23. The van der Waals surface area contributed by atoms with Gasteiger partial charge in [0.15, 0.2) is 0 Å². The van der Waals surface area contributed by atoms with E-state index in [9.17, 15) is 0 Å². The number of methoxy groups -OCH3 is 2. The number of anilines is 1. The normalized spacial score (nSPS) is 16.4. The second kappa shape index (κ2) is 7.16. The van der Waals surface area contributed by atoms with E-state index in [1.54, 1.807) is 14.2 Å². The summed E-state index contributed by atoms with van der Waals surface area (Å²) in [5.41, 5.74) is 5.61. The van der Waals surface area contributed by atoms with Crippen LogP contribution < -0.4 is 14.4 Å². The summed E-state index contributed by atoms with van der Waals surface area (Å²) in [5, 5.41) is 0. The van der Waals surface area contributed by atoms with Crippen LogP contribution in [0.15, 0.2) is 36.4 Å². The molecule has 0 saturated carbocycles. The van der Waals surface area contributed by atoms with Crippen LogP contribution in [-0.4, -0.2) is 27.8 Å². The molecule has 0 N–H and O–H groups in total. The van der Waals surface area contributed by atoms with Crippen LogP contribution >= 0.6 is 0 Å². The van der Waals surface area contributed by atoms with E-state index in [2.05, 4.69) is 55.3 Å². The minimum Gasteiger partial charge on any atom is -0.497 e. The number of hydrogen-bond acceptors (Lipinski definition) is 3. The molecule has 0 amide bonds. The van der Waals surface area contributed by atoms with Crippen LogP contribution in [0.2, 0.25) is 0 Å². The Bertz CT molecular complexity index is 711. The Labute approximate surface area is 145 Å². The van der Waals surface area contributed by atoms with Crippen molar-refractivity contribution in [2.24, 2.45) is 0 Å². The van der Waals surface area contributed by atoms with Crippen LogP contribution in [0.5, 0.6) is 11.5 Å².